The van der Waals surface area contributed by atoms with E-state index in [0.717, 1.165) is 49.6 Å². The molecular weight excluding hydrogens is 326 g/mol. The van der Waals surface area contributed by atoms with E-state index in [9.17, 15) is 8.42 Å². The molecule has 0 aromatic carbocycles. The molecule has 24 heavy (non-hydrogen) atoms. The normalized spacial score (nSPS) is 19.3. The molecule has 0 saturated carbocycles. The number of nitrogens with zero attached hydrogens (tertiary/aromatic N) is 3. The van der Waals surface area contributed by atoms with Gasteiger partial charge in [0.2, 0.25) is 0 Å². The maximum Gasteiger partial charge on any atom is 0.178 e. The van der Waals surface area contributed by atoms with Crippen molar-refractivity contribution in [3.8, 4) is 0 Å². The fourth-order valence-corrected chi connectivity index (χ4v) is 4.20. The lowest BCUT2D eigenvalue weighted by Gasteiger charge is -2.32. The van der Waals surface area contributed by atoms with Gasteiger partial charge in [0.1, 0.15) is 10.7 Å². The van der Waals surface area contributed by atoms with E-state index in [-0.39, 0.29) is 5.92 Å². The molecule has 1 saturated heterocycles. The number of sulfone groups is 1. The Hall–Kier alpha value is -1.93. The van der Waals surface area contributed by atoms with Crippen LogP contribution in [0.15, 0.2) is 29.4 Å². The average Bonchev–Trinajstić information content (AvgIpc) is 3.06. The molecule has 1 aliphatic heterocycles. The molecule has 0 bridgehead atoms. The first kappa shape index (κ1) is 16.9. The van der Waals surface area contributed by atoms with E-state index in [1.807, 2.05) is 13.1 Å². The predicted molar refractivity (Wildman–Crippen MR) is 92.7 cm³/mol. The van der Waals surface area contributed by atoms with E-state index in [1.54, 1.807) is 6.20 Å². The number of rotatable bonds is 5. The summed E-state index contributed by atoms with van der Waals surface area (Å²) in [6.07, 6.45) is 6.42. The molecule has 1 atom stereocenters. The Balaban J connectivity index is 1.77. The maximum absolute atomic E-state index is 11.9. The Bertz CT molecular complexity index is 802. The van der Waals surface area contributed by atoms with Crippen molar-refractivity contribution in [1.29, 1.82) is 0 Å². The Morgan fingerprint density at radius 3 is 3.04 bits per heavy atom. The first-order valence-corrected chi connectivity index (χ1v) is 9.95. The fraction of sp³-hybridized carbons (Fsp3) is 0.500. The molecule has 3 heterocycles. The minimum atomic E-state index is -3.26. The Morgan fingerprint density at radius 1 is 1.46 bits per heavy atom. The van der Waals surface area contributed by atoms with E-state index in [1.165, 1.54) is 12.5 Å². The third kappa shape index (κ3) is 3.59. The lowest BCUT2D eigenvalue weighted by Crippen LogP contribution is -2.34. The van der Waals surface area contributed by atoms with Crippen molar-refractivity contribution in [2.75, 3.05) is 31.7 Å². The Labute approximate surface area is 142 Å². The van der Waals surface area contributed by atoms with Gasteiger partial charge in [-0.2, -0.15) is 5.10 Å². The number of likely N-dealkylation sites (tertiary alicyclic amines) is 1. The predicted octanol–water partition coefficient (Wildman–Crippen LogP) is 1.63. The van der Waals surface area contributed by atoms with Gasteiger partial charge < -0.3 is 5.32 Å². The van der Waals surface area contributed by atoms with Gasteiger partial charge in [0.15, 0.2) is 9.84 Å². The lowest BCUT2D eigenvalue weighted by molar-refractivity contribution is 0.197. The molecule has 2 aromatic heterocycles. The highest BCUT2D eigenvalue weighted by Crippen LogP contribution is 2.30. The van der Waals surface area contributed by atoms with Crippen LogP contribution in [0.3, 0.4) is 0 Å². The second-order valence-corrected chi connectivity index (χ2v) is 8.24. The van der Waals surface area contributed by atoms with Gasteiger partial charge in [0, 0.05) is 44.1 Å². The van der Waals surface area contributed by atoms with Crippen molar-refractivity contribution >= 4 is 15.7 Å². The number of aromatic nitrogens is 3. The summed E-state index contributed by atoms with van der Waals surface area (Å²) in [7, 11) is -1.39. The van der Waals surface area contributed by atoms with Crippen LogP contribution in [0.4, 0.5) is 5.82 Å². The van der Waals surface area contributed by atoms with Crippen LogP contribution in [0.25, 0.3) is 0 Å². The van der Waals surface area contributed by atoms with Crippen molar-refractivity contribution < 1.29 is 8.42 Å². The zero-order valence-electron chi connectivity index (χ0n) is 14.0. The molecule has 7 nitrogen and oxygen atoms in total. The zero-order chi connectivity index (χ0) is 17.2. The van der Waals surface area contributed by atoms with Crippen LogP contribution in [-0.2, 0) is 16.4 Å². The Kier molecular flexibility index (Phi) is 4.86. The van der Waals surface area contributed by atoms with E-state index in [2.05, 4.69) is 31.5 Å². The molecule has 1 unspecified atom stereocenters. The fourth-order valence-electron chi connectivity index (χ4n) is 3.34. The van der Waals surface area contributed by atoms with E-state index in [0.29, 0.717) is 4.90 Å². The van der Waals surface area contributed by atoms with Crippen LogP contribution in [0.5, 0.6) is 0 Å². The number of hydrogen-bond donors (Lipinski definition) is 2. The van der Waals surface area contributed by atoms with Crippen molar-refractivity contribution in [3.05, 3.63) is 35.8 Å². The first-order chi connectivity index (χ1) is 11.5. The molecule has 0 radical (unpaired) electrons. The summed E-state index contributed by atoms with van der Waals surface area (Å²) in [6.45, 7) is 2.60. The molecule has 2 aromatic rings. The molecular formula is C16H23N5O2S. The van der Waals surface area contributed by atoms with Gasteiger partial charge in [-0.15, -0.1) is 0 Å². The zero-order valence-corrected chi connectivity index (χ0v) is 14.8. The second kappa shape index (κ2) is 6.90. The summed E-state index contributed by atoms with van der Waals surface area (Å²) in [5.41, 5.74) is 1.89. The van der Waals surface area contributed by atoms with Crippen molar-refractivity contribution in [1.82, 2.24) is 20.1 Å². The number of pyridine rings is 1. The summed E-state index contributed by atoms with van der Waals surface area (Å²) in [5, 5.41) is 9.99. The number of H-pyrrole nitrogens is 1. The number of anilines is 1. The summed E-state index contributed by atoms with van der Waals surface area (Å²) < 4.78 is 23.8. The molecule has 130 valence electrons. The summed E-state index contributed by atoms with van der Waals surface area (Å²) in [4.78, 5) is 7.02. The monoisotopic (exact) mass is 349 g/mol. The van der Waals surface area contributed by atoms with Crippen molar-refractivity contribution in [3.63, 3.8) is 0 Å². The van der Waals surface area contributed by atoms with Crippen LogP contribution >= 0.6 is 0 Å². The van der Waals surface area contributed by atoms with Gasteiger partial charge in [-0.25, -0.2) is 13.4 Å². The lowest BCUT2D eigenvalue weighted by atomic mass is 9.94. The van der Waals surface area contributed by atoms with Crippen molar-refractivity contribution in [2.45, 2.75) is 30.2 Å². The van der Waals surface area contributed by atoms with Gasteiger partial charge in [0.25, 0.3) is 0 Å². The minimum Gasteiger partial charge on any atom is -0.373 e. The number of piperidine rings is 1. The Morgan fingerprint density at radius 2 is 2.29 bits per heavy atom. The largest absolute Gasteiger partial charge is 0.373 e. The SMILES string of the molecule is CNc1ncccc1CN1CCCC(c2[nH]ncc2S(C)(=O)=O)C1. The van der Waals surface area contributed by atoms with Gasteiger partial charge in [-0.3, -0.25) is 10.00 Å². The highest BCUT2D eigenvalue weighted by Gasteiger charge is 2.28. The smallest absolute Gasteiger partial charge is 0.178 e. The third-order valence-electron chi connectivity index (χ3n) is 4.47. The summed E-state index contributed by atoms with van der Waals surface area (Å²) >= 11 is 0. The van der Waals surface area contributed by atoms with E-state index >= 15 is 0 Å². The van der Waals surface area contributed by atoms with Crippen LogP contribution < -0.4 is 5.32 Å². The molecule has 1 fully saturated rings. The quantitative estimate of drug-likeness (QED) is 0.852. The molecule has 0 amide bonds. The highest BCUT2D eigenvalue weighted by atomic mass is 32.2. The van der Waals surface area contributed by atoms with E-state index in [4.69, 9.17) is 0 Å². The number of nitrogens with one attached hydrogen (secondary N) is 2. The van der Waals surface area contributed by atoms with Crippen LogP contribution in [-0.4, -0.2) is 54.9 Å². The van der Waals surface area contributed by atoms with Gasteiger partial charge in [-0.1, -0.05) is 6.07 Å². The molecule has 0 aliphatic carbocycles. The summed E-state index contributed by atoms with van der Waals surface area (Å²) in [5.74, 6) is 1.04. The number of aromatic amines is 1. The maximum atomic E-state index is 11.9. The topological polar surface area (TPSA) is 91.0 Å². The summed E-state index contributed by atoms with van der Waals surface area (Å²) in [6, 6.07) is 4.01. The minimum absolute atomic E-state index is 0.153. The van der Waals surface area contributed by atoms with Crippen molar-refractivity contribution in [2.24, 2.45) is 0 Å². The van der Waals surface area contributed by atoms with Gasteiger partial charge >= 0.3 is 0 Å². The molecule has 1 aliphatic rings. The molecule has 8 heteroatoms. The van der Waals surface area contributed by atoms with E-state index < -0.39 is 9.84 Å². The highest BCUT2D eigenvalue weighted by molar-refractivity contribution is 7.90. The standard InChI is InChI=1S/C16H23N5O2S/c1-17-16-13(5-3-7-18-16)11-21-8-4-6-12(10-21)15-14(9-19-20-15)24(2,22)23/h3,5,7,9,12H,4,6,8,10-11H2,1-2H3,(H,17,18)(H,19,20). The third-order valence-corrected chi connectivity index (χ3v) is 5.59. The first-order valence-electron chi connectivity index (χ1n) is 8.06. The van der Waals surface area contributed by atoms with Gasteiger partial charge in [0.05, 0.1) is 11.9 Å². The van der Waals surface area contributed by atoms with Crippen LogP contribution in [0, 0.1) is 0 Å². The molecule has 3 rings (SSSR count). The number of hydrogen-bond acceptors (Lipinski definition) is 6. The average molecular weight is 349 g/mol. The molecule has 0 spiro atoms. The van der Waals surface area contributed by atoms with Crippen LogP contribution in [0.2, 0.25) is 0 Å². The van der Waals surface area contributed by atoms with Crippen LogP contribution in [0.1, 0.15) is 30.0 Å². The second-order valence-electron chi connectivity index (χ2n) is 6.26. The molecule has 2 N–H and O–H groups in total. The van der Waals surface area contributed by atoms with Gasteiger partial charge in [-0.05, 0) is 25.5 Å².